The molecule has 2 aliphatic heterocycles. The lowest BCUT2D eigenvalue weighted by atomic mass is 9.78. The minimum atomic E-state index is -0.734. The zero-order chi connectivity index (χ0) is 18.5. The first-order chi connectivity index (χ1) is 12.4. The molecule has 2 aliphatic rings. The second kappa shape index (κ2) is 5.57. The van der Waals surface area contributed by atoms with Gasteiger partial charge in [-0.1, -0.05) is 24.3 Å². The summed E-state index contributed by atoms with van der Waals surface area (Å²) in [6.45, 7) is 4.71. The van der Waals surface area contributed by atoms with Crippen LogP contribution in [0.4, 0.5) is 11.4 Å². The Labute approximate surface area is 151 Å². The Morgan fingerprint density at radius 2 is 2.00 bits per heavy atom. The van der Waals surface area contributed by atoms with E-state index in [9.17, 15) is 15.2 Å². The maximum absolute atomic E-state index is 11.0. The number of non-ortho nitro benzene ring substituents is 1. The number of benzene rings is 2. The average Bonchev–Trinajstić information content (AvgIpc) is 2.81. The van der Waals surface area contributed by atoms with Crippen LogP contribution < -0.4 is 9.64 Å². The van der Waals surface area contributed by atoms with Crippen molar-refractivity contribution in [3.63, 3.8) is 0 Å². The topological polar surface area (TPSA) is 75.8 Å². The number of β-amino-alcohol motifs (C(OH)–C–C–N with tert-alkyl or cyclic N) is 1. The monoisotopic (exact) mass is 352 g/mol. The van der Waals surface area contributed by atoms with Crippen LogP contribution in [-0.4, -0.2) is 28.7 Å². The van der Waals surface area contributed by atoms with Crippen molar-refractivity contribution < 1.29 is 14.8 Å². The highest BCUT2D eigenvalue weighted by molar-refractivity contribution is 5.73. The van der Waals surface area contributed by atoms with Gasteiger partial charge in [0.2, 0.25) is 0 Å². The molecule has 0 aliphatic carbocycles. The highest BCUT2D eigenvalue weighted by Gasteiger charge is 2.58. The summed E-state index contributed by atoms with van der Waals surface area (Å²) in [5.74, 6) is 0.617. The number of aliphatic hydroxyl groups excluding tert-OH is 1. The maximum Gasteiger partial charge on any atom is 0.270 e. The number of anilines is 1. The molecule has 1 spiro atoms. The molecule has 6 nitrogen and oxygen atoms in total. The Hall–Kier alpha value is -2.86. The number of hydrogen-bond acceptors (Lipinski definition) is 5. The molecule has 1 N–H and O–H groups in total. The standard InChI is InChI=1S/C20H20N2O4/c1-19(2)20(16-5-3-4-6-17(16)21(19)11-12-23)10-9-14-13-15(22(24)25)7-8-18(14)26-20/h3-10,13,23H,11-12H2,1-2H3. The van der Waals surface area contributed by atoms with E-state index in [4.69, 9.17) is 4.74 Å². The SMILES string of the molecule is CC1(C)N(CCO)c2ccccc2C12C=Cc1cc([N+](=O)[O-])ccc1O2. The molecule has 0 aromatic heterocycles. The van der Waals surface area contributed by atoms with Crippen LogP contribution in [0.2, 0.25) is 0 Å². The van der Waals surface area contributed by atoms with Crippen molar-refractivity contribution in [2.24, 2.45) is 0 Å². The first-order valence-corrected chi connectivity index (χ1v) is 8.55. The molecule has 2 heterocycles. The lowest BCUT2D eigenvalue weighted by Gasteiger charge is -2.45. The highest BCUT2D eigenvalue weighted by atomic mass is 16.6. The van der Waals surface area contributed by atoms with Crippen LogP contribution in [0.3, 0.4) is 0 Å². The Morgan fingerprint density at radius 3 is 2.73 bits per heavy atom. The van der Waals surface area contributed by atoms with Gasteiger partial charge in [-0.3, -0.25) is 10.1 Å². The van der Waals surface area contributed by atoms with Gasteiger partial charge >= 0.3 is 0 Å². The van der Waals surface area contributed by atoms with Gasteiger partial charge in [0, 0.05) is 35.5 Å². The van der Waals surface area contributed by atoms with Crippen molar-refractivity contribution in [3.05, 3.63) is 69.8 Å². The second-order valence-corrected chi connectivity index (χ2v) is 7.10. The normalized spacial score (nSPS) is 22.0. The molecule has 0 bridgehead atoms. The lowest BCUT2D eigenvalue weighted by molar-refractivity contribution is -0.384. The summed E-state index contributed by atoms with van der Waals surface area (Å²) in [5.41, 5.74) is 1.61. The first-order valence-electron chi connectivity index (χ1n) is 8.55. The van der Waals surface area contributed by atoms with Gasteiger partial charge in [0.05, 0.1) is 17.1 Å². The van der Waals surface area contributed by atoms with Crippen molar-refractivity contribution in [1.29, 1.82) is 0 Å². The highest BCUT2D eigenvalue weighted by Crippen LogP contribution is 2.55. The Kier molecular flexibility index (Phi) is 3.56. The summed E-state index contributed by atoms with van der Waals surface area (Å²) in [6, 6.07) is 12.7. The number of nitro benzene ring substituents is 1. The maximum atomic E-state index is 11.0. The van der Waals surface area contributed by atoms with Gasteiger partial charge in [0.1, 0.15) is 5.75 Å². The van der Waals surface area contributed by atoms with Gasteiger partial charge in [-0.05, 0) is 32.1 Å². The first kappa shape index (κ1) is 16.6. The van der Waals surface area contributed by atoms with Crippen LogP contribution >= 0.6 is 0 Å². The second-order valence-electron chi connectivity index (χ2n) is 7.10. The number of ether oxygens (including phenoxy) is 1. The van der Waals surface area contributed by atoms with Gasteiger partial charge in [0.15, 0.2) is 5.60 Å². The third-order valence-electron chi connectivity index (χ3n) is 5.48. The van der Waals surface area contributed by atoms with Crippen molar-refractivity contribution in [2.45, 2.75) is 25.0 Å². The number of aliphatic hydroxyl groups is 1. The van der Waals surface area contributed by atoms with Crippen molar-refractivity contribution in [1.82, 2.24) is 0 Å². The molecule has 1 unspecified atom stereocenters. The Morgan fingerprint density at radius 1 is 1.23 bits per heavy atom. The summed E-state index contributed by atoms with van der Waals surface area (Å²) in [4.78, 5) is 12.8. The minimum Gasteiger partial charge on any atom is -0.475 e. The molecular weight excluding hydrogens is 332 g/mol. The van der Waals surface area contributed by atoms with Crippen molar-refractivity contribution in [2.75, 3.05) is 18.1 Å². The average molecular weight is 352 g/mol. The zero-order valence-electron chi connectivity index (χ0n) is 14.7. The lowest BCUT2D eigenvalue weighted by Crippen LogP contribution is -2.57. The summed E-state index contributed by atoms with van der Waals surface area (Å²) < 4.78 is 6.50. The van der Waals surface area contributed by atoms with Gasteiger partial charge in [0.25, 0.3) is 5.69 Å². The largest absolute Gasteiger partial charge is 0.475 e. The fourth-order valence-corrected chi connectivity index (χ4v) is 4.11. The van der Waals surface area contributed by atoms with E-state index in [1.165, 1.54) is 12.1 Å². The summed E-state index contributed by atoms with van der Waals surface area (Å²) >= 11 is 0. The molecular formula is C20H20N2O4. The Bertz CT molecular complexity index is 922. The Balaban J connectivity index is 1.86. The summed E-state index contributed by atoms with van der Waals surface area (Å²) in [7, 11) is 0. The van der Waals surface area contributed by atoms with Gasteiger partial charge in [-0.2, -0.15) is 0 Å². The predicted octanol–water partition coefficient (Wildman–Crippen LogP) is 3.49. The van der Waals surface area contributed by atoms with E-state index in [2.05, 4.69) is 18.7 Å². The van der Waals surface area contributed by atoms with Gasteiger partial charge in [-0.15, -0.1) is 0 Å². The summed E-state index contributed by atoms with van der Waals surface area (Å²) in [6.07, 6.45) is 3.88. The third kappa shape index (κ3) is 2.08. The van der Waals surface area contributed by atoms with Gasteiger partial charge < -0.3 is 14.7 Å². The quantitative estimate of drug-likeness (QED) is 0.676. The zero-order valence-corrected chi connectivity index (χ0v) is 14.7. The number of nitro groups is 1. The molecule has 0 saturated heterocycles. The van der Waals surface area contributed by atoms with E-state index < -0.39 is 16.1 Å². The number of hydrogen-bond donors (Lipinski definition) is 1. The van der Waals surface area contributed by atoms with Crippen molar-refractivity contribution in [3.8, 4) is 5.75 Å². The molecule has 0 saturated carbocycles. The minimum absolute atomic E-state index is 0.0420. The van der Waals surface area contributed by atoms with Crippen LogP contribution in [-0.2, 0) is 5.60 Å². The van der Waals surface area contributed by atoms with Crippen LogP contribution in [0, 0.1) is 10.1 Å². The van der Waals surface area contributed by atoms with Crippen LogP contribution in [0.5, 0.6) is 5.75 Å². The predicted molar refractivity (Wildman–Crippen MR) is 99.4 cm³/mol. The summed E-state index contributed by atoms with van der Waals surface area (Å²) in [5, 5.41) is 20.6. The van der Waals surface area contributed by atoms with E-state index in [-0.39, 0.29) is 12.3 Å². The smallest absolute Gasteiger partial charge is 0.270 e. The number of nitrogens with zero attached hydrogens (tertiary/aromatic N) is 2. The number of fused-ring (bicyclic) bond motifs is 3. The van der Waals surface area contributed by atoms with E-state index in [0.29, 0.717) is 17.9 Å². The molecule has 1 atom stereocenters. The van der Waals surface area contributed by atoms with Crippen molar-refractivity contribution >= 4 is 17.5 Å². The molecule has 0 amide bonds. The van der Waals surface area contributed by atoms with Crippen LogP contribution in [0.1, 0.15) is 25.0 Å². The fraction of sp³-hybridized carbons (Fsp3) is 0.300. The van der Waals surface area contributed by atoms with E-state index in [1.807, 2.05) is 36.4 Å². The van der Waals surface area contributed by atoms with Crippen LogP contribution in [0.25, 0.3) is 6.08 Å². The molecule has 134 valence electrons. The van der Waals surface area contributed by atoms with Crippen LogP contribution in [0.15, 0.2) is 48.5 Å². The number of rotatable bonds is 3. The molecule has 2 aromatic carbocycles. The molecule has 0 radical (unpaired) electrons. The molecule has 2 aromatic rings. The molecule has 26 heavy (non-hydrogen) atoms. The van der Waals surface area contributed by atoms with E-state index in [1.54, 1.807) is 6.07 Å². The fourth-order valence-electron chi connectivity index (χ4n) is 4.11. The van der Waals surface area contributed by atoms with E-state index >= 15 is 0 Å². The molecule has 6 heteroatoms. The van der Waals surface area contributed by atoms with E-state index in [0.717, 1.165) is 11.3 Å². The molecule has 0 fully saturated rings. The number of para-hydroxylation sites is 1. The molecule has 4 rings (SSSR count). The van der Waals surface area contributed by atoms with Gasteiger partial charge in [-0.25, -0.2) is 0 Å². The third-order valence-corrected chi connectivity index (χ3v) is 5.48.